The number of rotatable bonds is 3. The van der Waals surface area contributed by atoms with Gasteiger partial charge in [0.05, 0.1) is 10.8 Å². The summed E-state index contributed by atoms with van der Waals surface area (Å²) in [7, 11) is -1.07. The summed E-state index contributed by atoms with van der Waals surface area (Å²) < 4.78 is 12.0. The predicted molar refractivity (Wildman–Crippen MR) is 73.1 cm³/mol. The fraction of sp³-hybridized carbons (Fsp3) is 0.0667. The number of aryl methyl sites for hydroxylation is 1. The predicted octanol–water partition coefficient (Wildman–Crippen LogP) is 3.77. The molecule has 0 aliphatic heterocycles. The lowest BCUT2D eigenvalue weighted by atomic mass is 10.2. The van der Waals surface area contributed by atoms with Crippen LogP contribution in [0.5, 0.6) is 0 Å². The van der Waals surface area contributed by atoms with Crippen molar-refractivity contribution in [2.45, 2.75) is 11.8 Å². The van der Waals surface area contributed by atoms with Gasteiger partial charge in [-0.05, 0) is 30.7 Å². The highest BCUT2D eigenvalue weighted by atomic mass is 32.2. The van der Waals surface area contributed by atoms with Gasteiger partial charge in [0.2, 0.25) is 0 Å². The molecule has 86 valence electrons. The molecule has 0 aliphatic carbocycles. The number of benzene rings is 2. The molecule has 0 aliphatic rings. The van der Waals surface area contributed by atoms with Crippen LogP contribution in [0.2, 0.25) is 0 Å². The Balaban J connectivity index is 2.12. The first-order valence-corrected chi connectivity index (χ1v) is 6.67. The molecule has 0 radical (unpaired) electrons. The summed E-state index contributed by atoms with van der Waals surface area (Å²) >= 11 is 0. The second-order valence-corrected chi connectivity index (χ2v) is 5.16. The van der Waals surface area contributed by atoms with Crippen LogP contribution < -0.4 is 0 Å². The third-order valence-corrected chi connectivity index (χ3v) is 3.56. The lowest BCUT2D eigenvalue weighted by Crippen LogP contribution is -1.86. The zero-order valence-corrected chi connectivity index (χ0v) is 10.5. The zero-order chi connectivity index (χ0) is 12.1. The Bertz CT molecular complexity index is 527. The van der Waals surface area contributed by atoms with Crippen LogP contribution in [0.3, 0.4) is 0 Å². The Morgan fingerprint density at radius 2 is 1.59 bits per heavy atom. The van der Waals surface area contributed by atoms with Crippen LogP contribution in [0.25, 0.3) is 6.08 Å². The molecule has 0 saturated heterocycles. The summed E-state index contributed by atoms with van der Waals surface area (Å²) in [6, 6.07) is 17.6. The molecule has 0 amide bonds. The quantitative estimate of drug-likeness (QED) is 0.800. The van der Waals surface area contributed by atoms with Gasteiger partial charge in [-0.3, -0.25) is 0 Å². The van der Waals surface area contributed by atoms with Gasteiger partial charge in [0, 0.05) is 10.3 Å². The Kier molecular flexibility index (Phi) is 3.89. The van der Waals surface area contributed by atoms with Gasteiger partial charge in [-0.15, -0.1) is 0 Å². The first kappa shape index (κ1) is 11.8. The van der Waals surface area contributed by atoms with E-state index in [0.717, 1.165) is 10.5 Å². The smallest absolute Gasteiger partial charge is 0.0776 e. The lowest BCUT2D eigenvalue weighted by molar-refractivity contribution is 0.688. The Labute approximate surface area is 104 Å². The molecule has 0 N–H and O–H groups in total. The van der Waals surface area contributed by atoms with Crippen molar-refractivity contribution >= 4 is 16.9 Å². The van der Waals surface area contributed by atoms with E-state index in [-0.39, 0.29) is 0 Å². The first-order valence-electron chi connectivity index (χ1n) is 5.46. The highest BCUT2D eigenvalue weighted by Gasteiger charge is 1.98. The molecule has 0 aromatic heterocycles. The number of hydrogen-bond donors (Lipinski definition) is 0. The van der Waals surface area contributed by atoms with Gasteiger partial charge in [0.1, 0.15) is 0 Å². The molecular weight excluding hydrogens is 228 g/mol. The minimum absolute atomic E-state index is 0.836. The maximum atomic E-state index is 12.0. The SMILES string of the molecule is Cc1ccc(S(=O)C=Cc2ccccc2)cc1. The van der Waals surface area contributed by atoms with Crippen LogP contribution in [-0.4, -0.2) is 4.21 Å². The average molecular weight is 242 g/mol. The van der Waals surface area contributed by atoms with Crippen molar-refractivity contribution in [1.82, 2.24) is 0 Å². The average Bonchev–Trinajstić information content (AvgIpc) is 2.38. The molecule has 0 fully saturated rings. The maximum absolute atomic E-state index is 12.0. The summed E-state index contributed by atoms with van der Waals surface area (Å²) in [6.07, 6.45) is 1.88. The summed E-state index contributed by atoms with van der Waals surface area (Å²) in [5.74, 6) is 0. The fourth-order valence-corrected chi connectivity index (χ4v) is 2.30. The highest BCUT2D eigenvalue weighted by molar-refractivity contribution is 7.88. The van der Waals surface area contributed by atoms with Gasteiger partial charge in [-0.2, -0.15) is 0 Å². The van der Waals surface area contributed by atoms with Gasteiger partial charge in [0.15, 0.2) is 0 Å². The van der Waals surface area contributed by atoms with Gasteiger partial charge in [-0.25, -0.2) is 4.21 Å². The molecule has 1 nitrogen and oxygen atoms in total. The molecule has 0 saturated carbocycles. The standard InChI is InChI=1S/C15H14OS/c1-13-7-9-15(10-8-13)17(16)12-11-14-5-3-2-4-6-14/h2-12H,1H3. The normalized spacial score (nSPS) is 12.8. The zero-order valence-electron chi connectivity index (χ0n) is 9.67. The largest absolute Gasteiger partial charge is 0.250 e. The van der Waals surface area contributed by atoms with E-state index in [1.165, 1.54) is 5.56 Å². The Morgan fingerprint density at radius 3 is 2.24 bits per heavy atom. The van der Waals surface area contributed by atoms with Crippen molar-refractivity contribution in [3.05, 3.63) is 71.1 Å². The van der Waals surface area contributed by atoms with Crippen molar-refractivity contribution in [2.75, 3.05) is 0 Å². The molecule has 0 bridgehead atoms. The molecular formula is C15H14OS. The molecule has 2 aromatic carbocycles. The Hall–Kier alpha value is -1.67. The molecule has 17 heavy (non-hydrogen) atoms. The van der Waals surface area contributed by atoms with Crippen LogP contribution in [0.1, 0.15) is 11.1 Å². The molecule has 2 rings (SSSR count). The minimum Gasteiger partial charge on any atom is -0.250 e. The molecule has 0 heterocycles. The minimum atomic E-state index is -1.07. The number of hydrogen-bond acceptors (Lipinski definition) is 1. The van der Waals surface area contributed by atoms with E-state index in [0.29, 0.717) is 0 Å². The van der Waals surface area contributed by atoms with E-state index < -0.39 is 10.8 Å². The first-order chi connectivity index (χ1) is 8.25. The third kappa shape index (κ3) is 3.40. The van der Waals surface area contributed by atoms with E-state index in [1.54, 1.807) is 5.41 Å². The maximum Gasteiger partial charge on any atom is 0.0776 e. The van der Waals surface area contributed by atoms with Crippen molar-refractivity contribution in [3.8, 4) is 0 Å². The van der Waals surface area contributed by atoms with Crippen molar-refractivity contribution in [1.29, 1.82) is 0 Å². The fourth-order valence-electron chi connectivity index (χ4n) is 1.46. The summed E-state index contributed by atoms with van der Waals surface area (Å²) in [4.78, 5) is 0.836. The van der Waals surface area contributed by atoms with E-state index in [2.05, 4.69) is 0 Å². The van der Waals surface area contributed by atoms with E-state index >= 15 is 0 Å². The van der Waals surface area contributed by atoms with Crippen LogP contribution in [0, 0.1) is 6.92 Å². The molecule has 1 atom stereocenters. The third-order valence-electron chi connectivity index (χ3n) is 2.44. The van der Waals surface area contributed by atoms with Gasteiger partial charge >= 0.3 is 0 Å². The summed E-state index contributed by atoms with van der Waals surface area (Å²) in [6.45, 7) is 2.02. The lowest BCUT2D eigenvalue weighted by Gasteiger charge is -1.97. The summed E-state index contributed by atoms with van der Waals surface area (Å²) in [5.41, 5.74) is 2.24. The van der Waals surface area contributed by atoms with Crippen molar-refractivity contribution in [3.63, 3.8) is 0 Å². The van der Waals surface area contributed by atoms with Crippen LogP contribution in [0.4, 0.5) is 0 Å². The highest BCUT2D eigenvalue weighted by Crippen LogP contribution is 2.11. The van der Waals surface area contributed by atoms with Crippen molar-refractivity contribution < 1.29 is 4.21 Å². The molecule has 2 aromatic rings. The van der Waals surface area contributed by atoms with Gasteiger partial charge in [0.25, 0.3) is 0 Å². The van der Waals surface area contributed by atoms with Gasteiger partial charge < -0.3 is 0 Å². The second-order valence-electron chi connectivity index (χ2n) is 3.82. The second kappa shape index (κ2) is 5.60. The summed E-state index contributed by atoms with van der Waals surface area (Å²) in [5, 5.41) is 1.72. The molecule has 1 unspecified atom stereocenters. The van der Waals surface area contributed by atoms with E-state index in [9.17, 15) is 4.21 Å². The topological polar surface area (TPSA) is 17.1 Å². The van der Waals surface area contributed by atoms with Crippen LogP contribution in [0.15, 0.2) is 64.9 Å². The monoisotopic (exact) mass is 242 g/mol. The van der Waals surface area contributed by atoms with E-state index in [1.807, 2.05) is 67.6 Å². The van der Waals surface area contributed by atoms with Gasteiger partial charge in [-0.1, -0.05) is 48.0 Å². The Morgan fingerprint density at radius 1 is 0.941 bits per heavy atom. The molecule has 0 spiro atoms. The molecule has 2 heteroatoms. The van der Waals surface area contributed by atoms with Crippen LogP contribution in [-0.2, 0) is 10.8 Å². The van der Waals surface area contributed by atoms with Crippen LogP contribution >= 0.6 is 0 Å². The van der Waals surface area contributed by atoms with Crippen molar-refractivity contribution in [2.24, 2.45) is 0 Å². The van der Waals surface area contributed by atoms with E-state index in [4.69, 9.17) is 0 Å².